The molecular formula is C50H37N6OPt-3. The second-order valence-electron chi connectivity index (χ2n) is 15.1. The largest absolute Gasteiger partial charge is 0.509 e. The van der Waals surface area contributed by atoms with Gasteiger partial charge in [-0.1, -0.05) is 80.9 Å². The number of rotatable bonds is 7. The van der Waals surface area contributed by atoms with E-state index in [1.54, 1.807) is 0 Å². The van der Waals surface area contributed by atoms with Crippen LogP contribution in [0, 0.1) is 18.8 Å². The van der Waals surface area contributed by atoms with E-state index in [9.17, 15) is 0 Å². The van der Waals surface area contributed by atoms with Crippen LogP contribution in [0.15, 0.2) is 164 Å². The van der Waals surface area contributed by atoms with E-state index in [2.05, 4.69) is 144 Å². The van der Waals surface area contributed by atoms with Gasteiger partial charge in [0.25, 0.3) is 0 Å². The van der Waals surface area contributed by atoms with Crippen LogP contribution >= 0.6 is 0 Å². The molecule has 0 saturated heterocycles. The van der Waals surface area contributed by atoms with Gasteiger partial charge in [0.05, 0.1) is 11.4 Å². The summed E-state index contributed by atoms with van der Waals surface area (Å²) in [5.41, 5.74) is 10.8. The molecule has 7 nitrogen and oxygen atoms in total. The molecule has 0 bridgehead atoms. The van der Waals surface area contributed by atoms with Crippen molar-refractivity contribution >= 4 is 44.6 Å². The fraction of sp³-hybridized carbons (Fsp3) is 0.0800. The molecule has 4 aromatic heterocycles. The zero-order chi connectivity index (χ0) is 38.5. The van der Waals surface area contributed by atoms with Crippen LogP contribution in [0.5, 0.6) is 11.5 Å². The number of hydrogen-bond acceptors (Lipinski definition) is 6. The molecule has 0 aliphatic carbocycles. The van der Waals surface area contributed by atoms with Crippen molar-refractivity contribution in [2.45, 2.75) is 26.2 Å². The van der Waals surface area contributed by atoms with E-state index < -0.39 is 0 Å². The van der Waals surface area contributed by atoms with Crippen LogP contribution in [0.2, 0.25) is 0 Å². The number of nitrogens with zero attached hydrogens (tertiary/aromatic N) is 6. The van der Waals surface area contributed by atoms with Gasteiger partial charge in [0, 0.05) is 84.9 Å². The standard InChI is InChI=1S/C50H37N6O.Pt/c1-50(2,3)35-25-28-53-49(30-35)56-44-18-5-4-15-39(44)40-24-22-38(32-48(40)56)57-37-14-12-13-36(31-37)54-33-55(46-20-7-6-19-45(46)54)47-29-34(42-16-8-10-26-51-42)21-23-41(47)43-17-9-11-27-52-43;/h4-30,33H,1-3H3;/q-3;. The number of anilines is 4. The topological polar surface area (TPSA) is 59.3 Å². The van der Waals surface area contributed by atoms with Crippen LogP contribution in [0.25, 0.3) is 50.1 Å². The predicted molar refractivity (Wildman–Crippen MR) is 229 cm³/mol. The number of hydrogen-bond donors (Lipinski definition) is 0. The molecule has 1 aliphatic rings. The minimum atomic E-state index is -0.0231. The summed E-state index contributed by atoms with van der Waals surface area (Å²) in [6, 6.07) is 56.7. The van der Waals surface area contributed by atoms with Crippen molar-refractivity contribution in [3.63, 3.8) is 0 Å². The third-order valence-electron chi connectivity index (χ3n) is 10.4. The molecule has 8 heteroatoms. The molecule has 0 spiro atoms. The van der Waals surface area contributed by atoms with Crippen LogP contribution in [0.4, 0.5) is 22.7 Å². The third kappa shape index (κ3) is 6.71. The predicted octanol–water partition coefficient (Wildman–Crippen LogP) is 12.4. The Labute approximate surface area is 352 Å². The minimum absolute atomic E-state index is 0. The van der Waals surface area contributed by atoms with E-state index in [1.807, 2.05) is 79.3 Å². The molecule has 58 heavy (non-hydrogen) atoms. The van der Waals surface area contributed by atoms with E-state index in [4.69, 9.17) is 14.7 Å². The summed E-state index contributed by atoms with van der Waals surface area (Å²) >= 11 is 0. The smallest absolute Gasteiger partial charge is 0.135 e. The molecule has 5 heterocycles. The zero-order valence-corrected chi connectivity index (χ0v) is 34.3. The van der Waals surface area contributed by atoms with Gasteiger partial charge in [-0.05, 0) is 77.0 Å². The van der Waals surface area contributed by atoms with Gasteiger partial charge >= 0.3 is 0 Å². The van der Waals surface area contributed by atoms with Crippen molar-refractivity contribution in [2.24, 2.45) is 0 Å². The molecular weight excluding hydrogens is 896 g/mol. The first-order chi connectivity index (χ1) is 27.9. The summed E-state index contributed by atoms with van der Waals surface area (Å²) in [5.74, 6) is 2.01. The fourth-order valence-corrected chi connectivity index (χ4v) is 7.59. The van der Waals surface area contributed by atoms with Crippen molar-refractivity contribution < 1.29 is 25.8 Å². The van der Waals surface area contributed by atoms with Crippen molar-refractivity contribution in [2.75, 3.05) is 9.80 Å². The summed E-state index contributed by atoms with van der Waals surface area (Å²) in [6.07, 6.45) is 5.54. The van der Waals surface area contributed by atoms with Crippen LogP contribution in [0.3, 0.4) is 0 Å². The fourth-order valence-electron chi connectivity index (χ4n) is 7.59. The first-order valence-electron chi connectivity index (χ1n) is 19.0. The van der Waals surface area contributed by atoms with E-state index >= 15 is 0 Å². The van der Waals surface area contributed by atoms with Gasteiger partial charge in [-0.15, -0.1) is 48.1 Å². The first kappa shape index (κ1) is 37.0. The Bertz CT molecular complexity index is 2920. The number of pyridine rings is 3. The van der Waals surface area contributed by atoms with E-state index in [-0.39, 0.29) is 26.5 Å². The van der Waals surface area contributed by atoms with Crippen molar-refractivity contribution in [1.82, 2.24) is 19.5 Å². The second-order valence-corrected chi connectivity index (χ2v) is 15.1. The normalized spacial score (nSPS) is 12.5. The summed E-state index contributed by atoms with van der Waals surface area (Å²) in [7, 11) is 0. The monoisotopic (exact) mass is 932 g/mol. The van der Waals surface area contributed by atoms with Gasteiger partial charge in [0.1, 0.15) is 5.82 Å². The maximum atomic E-state index is 6.58. The van der Waals surface area contributed by atoms with E-state index in [0.717, 1.165) is 72.9 Å². The molecule has 0 N–H and O–H groups in total. The molecule has 0 radical (unpaired) electrons. The first-order valence-corrected chi connectivity index (χ1v) is 19.0. The number of ether oxygens (including phenoxy) is 1. The average molecular weight is 933 g/mol. The molecule has 286 valence electrons. The number of para-hydroxylation sites is 3. The summed E-state index contributed by atoms with van der Waals surface area (Å²) in [5, 5.41) is 2.22. The van der Waals surface area contributed by atoms with Crippen molar-refractivity contribution in [1.29, 1.82) is 0 Å². The number of aromatic nitrogens is 4. The van der Waals surface area contributed by atoms with Crippen molar-refractivity contribution in [3.8, 4) is 39.8 Å². The average Bonchev–Trinajstić information content (AvgIpc) is 3.80. The molecule has 0 amide bonds. The Morgan fingerprint density at radius 2 is 1.29 bits per heavy atom. The van der Waals surface area contributed by atoms with Gasteiger partial charge < -0.3 is 19.1 Å². The Morgan fingerprint density at radius 1 is 0.569 bits per heavy atom. The van der Waals surface area contributed by atoms with Crippen molar-refractivity contribution in [3.05, 3.63) is 189 Å². The Balaban J connectivity index is 0.00000436. The Hall–Kier alpha value is -6.56. The molecule has 10 rings (SSSR count). The maximum Gasteiger partial charge on any atom is 0.135 e. The molecule has 5 aromatic carbocycles. The maximum absolute atomic E-state index is 6.58. The second kappa shape index (κ2) is 15.1. The SMILES string of the molecule is CC(C)(C)c1ccnc(-n2c3[c-]c(Oc4[c-]c(N5[CH-]N(c6cc(-c7ccccn7)ccc6-c6ccccn6)c6ccccc65)ccc4)ccc3c3ccccc32)c1.[Pt]. The van der Waals surface area contributed by atoms with Crippen LogP contribution in [-0.2, 0) is 26.5 Å². The van der Waals surface area contributed by atoms with Gasteiger partial charge in [0.2, 0.25) is 0 Å². The van der Waals surface area contributed by atoms with Crippen LogP contribution < -0.4 is 14.5 Å². The summed E-state index contributed by atoms with van der Waals surface area (Å²) < 4.78 is 8.76. The van der Waals surface area contributed by atoms with E-state index in [0.29, 0.717) is 11.5 Å². The Morgan fingerprint density at radius 3 is 2.07 bits per heavy atom. The molecule has 0 fully saturated rings. The van der Waals surface area contributed by atoms with Crippen LogP contribution in [0.1, 0.15) is 26.3 Å². The third-order valence-corrected chi connectivity index (χ3v) is 10.4. The molecule has 0 saturated carbocycles. The Kier molecular flexibility index (Phi) is 9.63. The number of fused-ring (bicyclic) bond motifs is 4. The van der Waals surface area contributed by atoms with Gasteiger partial charge in [-0.2, -0.15) is 12.1 Å². The van der Waals surface area contributed by atoms with Gasteiger partial charge in [-0.25, -0.2) is 4.98 Å². The number of benzene rings is 5. The zero-order valence-electron chi connectivity index (χ0n) is 32.1. The molecule has 1 aliphatic heterocycles. The van der Waals surface area contributed by atoms with Gasteiger partial charge in [-0.3, -0.25) is 9.97 Å². The molecule has 0 atom stereocenters. The van der Waals surface area contributed by atoms with E-state index in [1.165, 1.54) is 5.56 Å². The molecule has 9 aromatic rings. The van der Waals surface area contributed by atoms with Gasteiger partial charge in [0.15, 0.2) is 0 Å². The summed E-state index contributed by atoms with van der Waals surface area (Å²) in [6.45, 7) is 8.77. The minimum Gasteiger partial charge on any atom is -0.509 e. The summed E-state index contributed by atoms with van der Waals surface area (Å²) in [4.78, 5) is 18.6. The quantitative estimate of drug-likeness (QED) is 0.148. The molecule has 0 unspecified atom stereocenters. The van der Waals surface area contributed by atoms with Crippen LogP contribution in [-0.4, -0.2) is 19.5 Å².